The van der Waals surface area contributed by atoms with Gasteiger partial charge in [-0.15, -0.1) is 0 Å². The minimum Gasteiger partial charge on any atom is -0.441 e. The van der Waals surface area contributed by atoms with Crippen LogP contribution in [0.2, 0.25) is 5.02 Å². The van der Waals surface area contributed by atoms with Crippen molar-refractivity contribution in [3.8, 4) is 11.5 Å². The number of carbonyl (C=O) groups is 1. The lowest BCUT2D eigenvalue weighted by atomic mass is 9.96. The monoisotopic (exact) mass is 429 g/mol. The summed E-state index contributed by atoms with van der Waals surface area (Å²) in [6.45, 7) is 4.47. The molecule has 1 aromatic carbocycles. The molecule has 2 heterocycles. The van der Waals surface area contributed by atoms with Crippen LogP contribution in [0, 0.1) is 12.8 Å². The van der Waals surface area contributed by atoms with Crippen LogP contribution < -0.4 is 5.32 Å². The zero-order chi connectivity index (χ0) is 20.9. The van der Waals surface area contributed by atoms with Crippen molar-refractivity contribution in [2.45, 2.75) is 70.9 Å². The van der Waals surface area contributed by atoms with E-state index in [2.05, 4.69) is 10.2 Å². The SMILES string of the molecule is Cc1oc(-c2ccc(Cl)cc2)nc1CN1CCCC(C(=O)NC2CCCCCC2)C1. The third-order valence-corrected chi connectivity index (χ3v) is 6.69. The summed E-state index contributed by atoms with van der Waals surface area (Å²) in [5, 5.41) is 4.04. The van der Waals surface area contributed by atoms with Gasteiger partial charge in [0.05, 0.1) is 11.6 Å². The topological polar surface area (TPSA) is 58.4 Å². The smallest absolute Gasteiger partial charge is 0.226 e. The van der Waals surface area contributed by atoms with E-state index in [1.807, 2.05) is 31.2 Å². The van der Waals surface area contributed by atoms with Crippen molar-refractivity contribution in [1.29, 1.82) is 0 Å². The fourth-order valence-corrected chi connectivity index (χ4v) is 4.78. The summed E-state index contributed by atoms with van der Waals surface area (Å²) in [5.41, 5.74) is 1.87. The third-order valence-electron chi connectivity index (χ3n) is 6.44. The van der Waals surface area contributed by atoms with Gasteiger partial charge in [0.2, 0.25) is 11.8 Å². The maximum absolute atomic E-state index is 12.9. The Balaban J connectivity index is 1.35. The quantitative estimate of drug-likeness (QED) is 0.650. The lowest BCUT2D eigenvalue weighted by molar-refractivity contribution is -0.127. The number of oxazole rings is 1. The highest BCUT2D eigenvalue weighted by atomic mass is 35.5. The molecule has 1 unspecified atom stereocenters. The number of hydrogen-bond acceptors (Lipinski definition) is 4. The number of likely N-dealkylation sites (tertiary alicyclic amines) is 1. The Bertz CT molecular complexity index is 841. The Morgan fingerprint density at radius 2 is 1.87 bits per heavy atom. The lowest BCUT2D eigenvalue weighted by Gasteiger charge is -2.32. The molecule has 30 heavy (non-hydrogen) atoms. The predicted octanol–water partition coefficient (Wildman–Crippen LogP) is 5.35. The maximum atomic E-state index is 12.9. The first kappa shape index (κ1) is 21.4. The summed E-state index contributed by atoms with van der Waals surface area (Å²) in [6, 6.07) is 7.91. The van der Waals surface area contributed by atoms with E-state index in [4.69, 9.17) is 21.0 Å². The van der Waals surface area contributed by atoms with Gasteiger partial charge >= 0.3 is 0 Å². The van der Waals surface area contributed by atoms with Crippen LogP contribution >= 0.6 is 11.6 Å². The predicted molar refractivity (Wildman–Crippen MR) is 119 cm³/mol. The van der Waals surface area contributed by atoms with Crippen molar-refractivity contribution in [2.75, 3.05) is 13.1 Å². The number of piperidine rings is 1. The zero-order valence-corrected chi connectivity index (χ0v) is 18.6. The van der Waals surface area contributed by atoms with Crippen molar-refractivity contribution >= 4 is 17.5 Å². The van der Waals surface area contributed by atoms with Crippen LogP contribution in [-0.2, 0) is 11.3 Å². The Hall–Kier alpha value is -1.85. The average molecular weight is 430 g/mol. The minimum absolute atomic E-state index is 0.0740. The highest BCUT2D eigenvalue weighted by Gasteiger charge is 2.28. The summed E-state index contributed by atoms with van der Waals surface area (Å²) in [5.74, 6) is 1.78. The van der Waals surface area contributed by atoms with E-state index >= 15 is 0 Å². The molecule has 5 nitrogen and oxygen atoms in total. The molecule has 6 heteroatoms. The van der Waals surface area contributed by atoms with Crippen molar-refractivity contribution in [3.63, 3.8) is 0 Å². The molecular weight excluding hydrogens is 398 g/mol. The molecule has 1 amide bonds. The van der Waals surface area contributed by atoms with Gasteiger partial charge in [0.1, 0.15) is 5.76 Å². The number of hydrogen-bond donors (Lipinski definition) is 1. The van der Waals surface area contributed by atoms with Crippen LogP contribution in [0.25, 0.3) is 11.5 Å². The number of carbonyl (C=O) groups excluding carboxylic acids is 1. The molecule has 1 saturated heterocycles. The van der Waals surface area contributed by atoms with Gasteiger partial charge in [0.15, 0.2) is 0 Å². The lowest BCUT2D eigenvalue weighted by Crippen LogP contribution is -2.45. The number of benzene rings is 1. The second-order valence-corrected chi connectivity index (χ2v) is 9.24. The van der Waals surface area contributed by atoms with Crippen LogP contribution in [0.5, 0.6) is 0 Å². The van der Waals surface area contributed by atoms with E-state index in [1.54, 1.807) is 0 Å². The van der Waals surface area contributed by atoms with Crippen LogP contribution in [0.4, 0.5) is 0 Å². The number of halogens is 1. The van der Waals surface area contributed by atoms with E-state index in [-0.39, 0.29) is 11.8 Å². The number of aromatic nitrogens is 1. The van der Waals surface area contributed by atoms with E-state index in [9.17, 15) is 4.79 Å². The van der Waals surface area contributed by atoms with Gasteiger partial charge in [0, 0.05) is 29.7 Å². The van der Waals surface area contributed by atoms with Gasteiger partial charge in [0.25, 0.3) is 0 Å². The molecule has 1 atom stereocenters. The molecule has 1 N–H and O–H groups in total. The van der Waals surface area contributed by atoms with Crippen molar-refractivity contribution in [1.82, 2.24) is 15.2 Å². The molecule has 2 aromatic rings. The molecule has 0 bridgehead atoms. The molecule has 1 aromatic heterocycles. The minimum atomic E-state index is 0.0740. The molecule has 0 spiro atoms. The first-order valence-corrected chi connectivity index (χ1v) is 11.7. The molecule has 1 aliphatic carbocycles. The molecule has 2 fully saturated rings. The third kappa shape index (κ3) is 5.44. The normalized spacial score (nSPS) is 21.3. The van der Waals surface area contributed by atoms with Gasteiger partial charge in [-0.2, -0.15) is 0 Å². The number of aryl methyl sites for hydroxylation is 1. The number of nitrogens with zero attached hydrogens (tertiary/aromatic N) is 2. The van der Waals surface area contributed by atoms with E-state index in [1.165, 1.54) is 25.7 Å². The standard InChI is InChI=1S/C24H32ClN3O2/c1-17-22(27-24(30-17)18-10-12-20(25)13-11-18)16-28-14-6-7-19(15-28)23(29)26-21-8-4-2-3-5-9-21/h10-13,19,21H,2-9,14-16H2,1H3,(H,26,29). The average Bonchev–Trinajstić information content (AvgIpc) is 2.93. The Morgan fingerprint density at radius 1 is 1.13 bits per heavy atom. The Labute approximate surface area is 184 Å². The maximum Gasteiger partial charge on any atom is 0.226 e. The summed E-state index contributed by atoms with van der Waals surface area (Å²) in [4.78, 5) is 19.9. The molecule has 2 aliphatic rings. The second kappa shape index (κ2) is 9.97. The van der Waals surface area contributed by atoms with E-state index in [0.717, 1.165) is 62.3 Å². The van der Waals surface area contributed by atoms with Crippen molar-refractivity contribution in [3.05, 3.63) is 40.7 Å². The van der Waals surface area contributed by atoms with Gasteiger partial charge < -0.3 is 9.73 Å². The van der Waals surface area contributed by atoms with Crippen molar-refractivity contribution < 1.29 is 9.21 Å². The first-order valence-electron chi connectivity index (χ1n) is 11.3. The highest BCUT2D eigenvalue weighted by Crippen LogP contribution is 2.26. The van der Waals surface area contributed by atoms with Gasteiger partial charge in [-0.1, -0.05) is 37.3 Å². The van der Waals surface area contributed by atoms with Crippen LogP contribution in [0.1, 0.15) is 62.8 Å². The molecule has 1 saturated carbocycles. The molecule has 4 rings (SSSR count). The summed E-state index contributed by atoms with van der Waals surface area (Å²) in [6.07, 6.45) is 9.37. The Kier molecular flexibility index (Phi) is 7.11. The van der Waals surface area contributed by atoms with Crippen LogP contribution in [0.3, 0.4) is 0 Å². The molecule has 1 aliphatic heterocycles. The summed E-state index contributed by atoms with van der Waals surface area (Å²) < 4.78 is 5.91. The Morgan fingerprint density at radius 3 is 2.60 bits per heavy atom. The van der Waals surface area contributed by atoms with E-state index < -0.39 is 0 Å². The summed E-state index contributed by atoms with van der Waals surface area (Å²) in [7, 11) is 0. The van der Waals surface area contributed by atoms with Crippen LogP contribution in [-0.4, -0.2) is 34.9 Å². The van der Waals surface area contributed by atoms with E-state index in [0.29, 0.717) is 17.0 Å². The second-order valence-electron chi connectivity index (χ2n) is 8.80. The molecule has 162 valence electrons. The zero-order valence-electron chi connectivity index (χ0n) is 17.8. The van der Waals surface area contributed by atoms with Gasteiger partial charge in [-0.25, -0.2) is 4.98 Å². The summed E-state index contributed by atoms with van der Waals surface area (Å²) >= 11 is 5.98. The fraction of sp³-hybridized carbons (Fsp3) is 0.583. The molecule has 0 radical (unpaired) electrons. The molecular formula is C24H32ClN3O2. The van der Waals surface area contributed by atoms with Gasteiger partial charge in [-0.05, 0) is 63.4 Å². The van der Waals surface area contributed by atoms with Gasteiger partial charge in [-0.3, -0.25) is 9.69 Å². The van der Waals surface area contributed by atoms with Crippen molar-refractivity contribution in [2.24, 2.45) is 5.92 Å². The highest BCUT2D eigenvalue weighted by molar-refractivity contribution is 6.30. The van der Waals surface area contributed by atoms with Crippen LogP contribution in [0.15, 0.2) is 28.7 Å². The number of amides is 1. The largest absolute Gasteiger partial charge is 0.441 e. The first-order chi connectivity index (χ1) is 14.6. The number of rotatable bonds is 5. The fourth-order valence-electron chi connectivity index (χ4n) is 4.66. The number of nitrogens with one attached hydrogen (secondary N) is 1.